The Kier molecular flexibility index (Phi) is 5.03. The van der Waals surface area contributed by atoms with E-state index in [9.17, 15) is 14.7 Å². The molecular formula is C16H22N2O4. The molecule has 2 unspecified atom stereocenters. The fourth-order valence-electron chi connectivity index (χ4n) is 2.62. The smallest absolute Gasteiger partial charge is 0.317 e. The molecule has 0 aliphatic carbocycles. The third-order valence-electron chi connectivity index (χ3n) is 4.11. The van der Waals surface area contributed by atoms with Crippen LogP contribution in [-0.2, 0) is 9.53 Å². The lowest BCUT2D eigenvalue weighted by Crippen LogP contribution is -2.43. The Bertz CT molecular complexity index is 534. The summed E-state index contributed by atoms with van der Waals surface area (Å²) >= 11 is 0. The Hall–Kier alpha value is -2.08. The van der Waals surface area contributed by atoms with Crippen LogP contribution in [0.4, 0.5) is 4.79 Å². The zero-order valence-electron chi connectivity index (χ0n) is 12.9. The summed E-state index contributed by atoms with van der Waals surface area (Å²) in [6.07, 6.45) is 0.468. The third-order valence-corrected chi connectivity index (χ3v) is 4.11. The van der Waals surface area contributed by atoms with Crippen LogP contribution in [0.2, 0.25) is 0 Å². The van der Waals surface area contributed by atoms with Crippen molar-refractivity contribution < 1.29 is 19.4 Å². The summed E-state index contributed by atoms with van der Waals surface area (Å²) in [6.45, 7) is 2.71. The van der Waals surface area contributed by atoms with Crippen molar-refractivity contribution >= 4 is 12.0 Å². The third kappa shape index (κ3) is 3.57. The number of hydrogen-bond donors (Lipinski definition) is 2. The Morgan fingerprint density at radius 1 is 1.41 bits per heavy atom. The number of methoxy groups -OCH3 is 1. The fourth-order valence-corrected chi connectivity index (χ4v) is 2.62. The van der Waals surface area contributed by atoms with Crippen molar-refractivity contribution in [3.8, 4) is 0 Å². The molecule has 6 heteroatoms. The number of carboxylic acids is 1. The van der Waals surface area contributed by atoms with Crippen molar-refractivity contribution in [3.63, 3.8) is 0 Å². The molecule has 6 nitrogen and oxygen atoms in total. The fraction of sp³-hybridized carbons (Fsp3) is 0.500. The van der Waals surface area contributed by atoms with E-state index < -0.39 is 11.4 Å². The van der Waals surface area contributed by atoms with Gasteiger partial charge in [0.25, 0.3) is 0 Å². The van der Waals surface area contributed by atoms with Gasteiger partial charge in [-0.3, -0.25) is 4.79 Å². The summed E-state index contributed by atoms with van der Waals surface area (Å²) in [5.41, 5.74) is 0.0961. The molecule has 1 aromatic rings. The number of amides is 2. The number of rotatable bonds is 5. The number of carbonyl (C=O) groups excluding carboxylic acids is 1. The van der Waals surface area contributed by atoms with Crippen molar-refractivity contribution in [1.29, 1.82) is 0 Å². The van der Waals surface area contributed by atoms with E-state index >= 15 is 0 Å². The highest BCUT2D eigenvalue weighted by Crippen LogP contribution is 2.30. The monoisotopic (exact) mass is 306 g/mol. The van der Waals surface area contributed by atoms with Gasteiger partial charge in [0.1, 0.15) is 0 Å². The van der Waals surface area contributed by atoms with Crippen LogP contribution in [0.15, 0.2) is 30.3 Å². The molecule has 2 rings (SSSR count). The SMILES string of the molecule is COCC(NC(=O)N1CCC(C)(C(=O)O)C1)c1ccccc1. The van der Waals surface area contributed by atoms with Gasteiger partial charge >= 0.3 is 12.0 Å². The molecule has 1 aliphatic heterocycles. The number of hydrogen-bond acceptors (Lipinski definition) is 3. The van der Waals surface area contributed by atoms with Crippen LogP contribution >= 0.6 is 0 Å². The summed E-state index contributed by atoms with van der Waals surface area (Å²) in [7, 11) is 1.58. The van der Waals surface area contributed by atoms with Gasteiger partial charge in [0, 0.05) is 20.2 Å². The molecule has 1 aromatic carbocycles. The topological polar surface area (TPSA) is 78.9 Å². The standard InChI is InChI=1S/C16H22N2O4/c1-16(14(19)20)8-9-18(11-16)15(21)17-13(10-22-2)12-6-4-3-5-7-12/h3-7,13H,8-11H2,1-2H3,(H,17,21)(H,19,20). The maximum absolute atomic E-state index is 12.4. The van der Waals surface area contributed by atoms with Gasteiger partial charge in [-0.25, -0.2) is 4.79 Å². The van der Waals surface area contributed by atoms with Crippen LogP contribution in [0.25, 0.3) is 0 Å². The first-order valence-electron chi connectivity index (χ1n) is 7.29. The van der Waals surface area contributed by atoms with Gasteiger partial charge in [0.05, 0.1) is 18.1 Å². The number of urea groups is 1. The predicted molar refractivity (Wildman–Crippen MR) is 81.5 cm³/mol. The average Bonchev–Trinajstić information content (AvgIpc) is 2.92. The molecule has 120 valence electrons. The van der Waals surface area contributed by atoms with Crippen molar-refractivity contribution in [2.24, 2.45) is 5.41 Å². The molecule has 1 heterocycles. The Labute approximate surface area is 130 Å². The van der Waals surface area contributed by atoms with Crippen LogP contribution in [0.3, 0.4) is 0 Å². The van der Waals surface area contributed by atoms with Crippen molar-refractivity contribution in [1.82, 2.24) is 10.2 Å². The van der Waals surface area contributed by atoms with Crippen molar-refractivity contribution in [2.45, 2.75) is 19.4 Å². The second kappa shape index (κ2) is 6.79. The van der Waals surface area contributed by atoms with E-state index in [2.05, 4.69) is 5.32 Å². The lowest BCUT2D eigenvalue weighted by atomic mass is 9.90. The molecular weight excluding hydrogens is 284 g/mol. The van der Waals surface area contributed by atoms with E-state index in [1.807, 2.05) is 30.3 Å². The largest absolute Gasteiger partial charge is 0.481 e. The maximum atomic E-state index is 12.4. The van der Waals surface area contributed by atoms with Gasteiger partial charge in [0.15, 0.2) is 0 Å². The summed E-state index contributed by atoms with van der Waals surface area (Å²) in [4.78, 5) is 25.2. The normalized spacial score (nSPS) is 22.4. The van der Waals surface area contributed by atoms with Gasteiger partial charge in [-0.2, -0.15) is 0 Å². The van der Waals surface area contributed by atoms with Crippen LogP contribution in [0.5, 0.6) is 0 Å². The number of ether oxygens (including phenoxy) is 1. The van der Waals surface area contributed by atoms with E-state index in [0.29, 0.717) is 19.6 Å². The van der Waals surface area contributed by atoms with E-state index in [1.165, 1.54) is 0 Å². The number of benzene rings is 1. The Morgan fingerprint density at radius 2 is 2.09 bits per heavy atom. The number of carbonyl (C=O) groups is 2. The van der Waals surface area contributed by atoms with E-state index in [-0.39, 0.29) is 18.6 Å². The van der Waals surface area contributed by atoms with E-state index in [1.54, 1.807) is 18.9 Å². The minimum Gasteiger partial charge on any atom is -0.481 e. The predicted octanol–water partition coefficient (Wildman–Crippen LogP) is 1.88. The first-order chi connectivity index (χ1) is 10.5. The average molecular weight is 306 g/mol. The molecule has 1 fully saturated rings. The molecule has 1 aliphatic rings. The first kappa shape index (κ1) is 16.3. The Morgan fingerprint density at radius 3 is 2.64 bits per heavy atom. The van der Waals surface area contributed by atoms with E-state index in [0.717, 1.165) is 5.56 Å². The van der Waals surface area contributed by atoms with Gasteiger partial charge < -0.3 is 20.1 Å². The molecule has 2 N–H and O–H groups in total. The highest BCUT2D eigenvalue weighted by Gasteiger charge is 2.42. The van der Waals surface area contributed by atoms with Gasteiger partial charge in [0.2, 0.25) is 0 Å². The number of likely N-dealkylation sites (tertiary alicyclic amines) is 1. The minimum absolute atomic E-state index is 0.225. The number of carboxylic acid groups (broad SMARTS) is 1. The summed E-state index contributed by atoms with van der Waals surface area (Å²) in [6, 6.07) is 9.06. The van der Waals surface area contributed by atoms with Gasteiger partial charge in [-0.05, 0) is 18.9 Å². The second-order valence-electron chi connectivity index (χ2n) is 5.91. The molecule has 0 saturated carbocycles. The minimum atomic E-state index is -0.862. The van der Waals surface area contributed by atoms with Crippen molar-refractivity contribution in [3.05, 3.63) is 35.9 Å². The molecule has 1 saturated heterocycles. The van der Waals surface area contributed by atoms with Crippen LogP contribution in [0.1, 0.15) is 24.9 Å². The summed E-state index contributed by atoms with van der Waals surface area (Å²) in [5.74, 6) is -0.862. The highest BCUT2D eigenvalue weighted by atomic mass is 16.5. The molecule has 0 spiro atoms. The number of aliphatic carboxylic acids is 1. The molecule has 2 atom stereocenters. The zero-order valence-corrected chi connectivity index (χ0v) is 12.9. The van der Waals surface area contributed by atoms with Crippen LogP contribution < -0.4 is 5.32 Å². The molecule has 0 bridgehead atoms. The maximum Gasteiger partial charge on any atom is 0.317 e. The molecule has 0 aromatic heterocycles. The van der Waals surface area contributed by atoms with Crippen molar-refractivity contribution in [2.75, 3.05) is 26.8 Å². The Balaban J connectivity index is 2.02. The zero-order chi connectivity index (χ0) is 16.2. The van der Waals surface area contributed by atoms with Crippen LogP contribution in [-0.4, -0.2) is 48.8 Å². The second-order valence-corrected chi connectivity index (χ2v) is 5.91. The molecule has 0 radical (unpaired) electrons. The summed E-state index contributed by atoms with van der Waals surface area (Å²) < 4.78 is 5.17. The number of nitrogens with one attached hydrogen (secondary N) is 1. The quantitative estimate of drug-likeness (QED) is 0.870. The first-order valence-corrected chi connectivity index (χ1v) is 7.29. The van der Waals surface area contributed by atoms with Crippen LogP contribution in [0, 0.1) is 5.41 Å². The lowest BCUT2D eigenvalue weighted by Gasteiger charge is -2.24. The van der Waals surface area contributed by atoms with Gasteiger partial charge in [-0.1, -0.05) is 30.3 Å². The lowest BCUT2D eigenvalue weighted by molar-refractivity contribution is -0.147. The van der Waals surface area contributed by atoms with E-state index in [4.69, 9.17) is 4.74 Å². The molecule has 2 amide bonds. The summed E-state index contributed by atoms with van der Waals surface area (Å²) in [5, 5.41) is 12.2. The highest BCUT2D eigenvalue weighted by molar-refractivity contribution is 5.79. The van der Waals surface area contributed by atoms with Gasteiger partial charge in [-0.15, -0.1) is 0 Å². The number of nitrogens with zero attached hydrogens (tertiary/aromatic N) is 1. The molecule has 22 heavy (non-hydrogen) atoms.